The van der Waals surface area contributed by atoms with Crippen LogP contribution in [0.25, 0.3) is 0 Å². The summed E-state index contributed by atoms with van der Waals surface area (Å²) < 4.78 is 9.85. The van der Waals surface area contributed by atoms with Crippen molar-refractivity contribution in [2.75, 3.05) is 26.8 Å². The van der Waals surface area contributed by atoms with Crippen molar-refractivity contribution in [3.05, 3.63) is 23.7 Å². The number of hydrogen-bond donors (Lipinski definition) is 1. The van der Waals surface area contributed by atoms with Gasteiger partial charge in [-0.2, -0.15) is 0 Å². The zero-order valence-corrected chi connectivity index (χ0v) is 9.80. The molecule has 0 bridgehead atoms. The van der Waals surface area contributed by atoms with Crippen molar-refractivity contribution in [1.29, 1.82) is 0 Å². The maximum atomic E-state index is 11.9. The molecule has 0 aliphatic carbocycles. The molecule has 0 aromatic carbocycles. The molecule has 94 valence electrons. The van der Waals surface area contributed by atoms with E-state index >= 15 is 0 Å². The van der Waals surface area contributed by atoms with Crippen LogP contribution in [0.1, 0.15) is 16.1 Å². The number of rotatable bonds is 6. The summed E-state index contributed by atoms with van der Waals surface area (Å²) in [6.45, 7) is 1.88. The smallest absolute Gasteiger partial charge is 0.323 e. The topological polar surface area (TPSA) is 80.0 Å². The van der Waals surface area contributed by atoms with Crippen LogP contribution in [0, 0.1) is 6.92 Å². The fourth-order valence-corrected chi connectivity index (χ4v) is 1.36. The van der Waals surface area contributed by atoms with Crippen LogP contribution < -0.4 is 0 Å². The Balaban J connectivity index is 2.74. The first kappa shape index (κ1) is 13.2. The van der Waals surface area contributed by atoms with Crippen LogP contribution in [0.15, 0.2) is 16.7 Å². The van der Waals surface area contributed by atoms with E-state index in [0.29, 0.717) is 11.3 Å². The van der Waals surface area contributed by atoms with Gasteiger partial charge in [-0.15, -0.1) is 0 Å². The number of carboxylic acid groups (broad SMARTS) is 1. The molecule has 1 aromatic rings. The van der Waals surface area contributed by atoms with Gasteiger partial charge >= 0.3 is 5.97 Å². The molecular formula is C11H15NO5. The van der Waals surface area contributed by atoms with Gasteiger partial charge in [0.05, 0.1) is 12.2 Å². The number of hydrogen-bond acceptors (Lipinski definition) is 4. The average molecular weight is 241 g/mol. The second-order valence-electron chi connectivity index (χ2n) is 3.56. The lowest BCUT2D eigenvalue weighted by atomic mass is 10.2. The summed E-state index contributed by atoms with van der Waals surface area (Å²) in [5, 5.41) is 8.73. The zero-order chi connectivity index (χ0) is 12.8. The molecule has 0 spiro atoms. The number of carbonyl (C=O) groups is 2. The monoisotopic (exact) mass is 241 g/mol. The molecule has 1 rings (SSSR count). The van der Waals surface area contributed by atoms with Crippen LogP contribution in [0.3, 0.4) is 0 Å². The fourth-order valence-electron chi connectivity index (χ4n) is 1.36. The summed E-state index contributed by atoms with van der Waals surface area (Å²) in [6.07, 6.45) is 1.32. The molecule has 0 unspecified atom stereocenters. The Labute approximate surface area is 98.8 Å². The summed E-state index contributed by atoms with van der Waals surface area (Å²) in [5.41, 5.74) is 0.347. The zero-order valence-electron chi connectivity index (χ0n) is 9.80. The van der Waals surface area contributed by atoms with Gasteiger partial charge in [0.15, 0.2) is 0 Å². The SMILES string of the molecule is COCCN(CC(=O)O)C(=O)c1coc(C)c1. The number of amides is 1. The summed E-state index contributed by atoms with van der Waals surface area (Å²) in [4.78, 5) is 23.8. The minimum atomic E-state index is -1.06. The molecular weight excluding hydrogens is 226 g/mol. The average Bonchev–Trinajstić information content (AvgIpc) is 2.69. The number of aryl methyl sites for hydroxylation is 1. The molecule has 1 N–H and O–H groups in total. The second kappa shape index (κ2) is 6.05. The predicted molar refractivity (Wildman–Crippen MR) is 58.9 cm³/mol. The van der Waals surface area contributed by atoms with Crippen LogP contribution >= 0.6 is 0 Å². The van der Waals surface area contributed by atoms with E-state index in [-0.39, 0.29) is 25.6 Å². The standard InChI is InChI=1S/C11H15NO5/c1-8-5-9(7-17-8)11(15)12(3-4-16-2)6-10(13)14/h5,7H,3-4,6H2,1-2H3,(H,13,14). The van der Waals surface area contributed by atoms with Gasteiger partial charge in [0, 0.05) is 13.7 Å². The van der Waals surface area contributed by atoms with Gasteiger partial charge < -0.3 is 19.2 Å². The van der Waals surface area contributed by atoms with Crippen molar-refractivity contribution >= 4 is 11.9 Å². The number of methoxy groups -OCH3 is 1. The Morgan fingerprint density at radius 2 is 2.24 bits per heavy atom. The highest BCUT2D eigenvalue weighted by Gasteiger charge is 2.19. The predicted octanol–water partition coefficient (Wildman–Crippen LogP) is 0.761. The summed E-state index contributed by atoms with van der Waals surface area (Å²) in [7, 11) is 1.49. The highest BCUT2D eigenvalue weighted by Crippen LogP contribution is 2.09. The third-order valence-electron chi connectivity index (χ3n) is 2.16. The Morgan fingerprint density at radius 1 is 1.53 bits per heavy atom. The van der Waals surface area contributed by atoms with E-state index in [4.69, 9.17) is 14.3 Å². The third kappa shape index (κ3) is 3.92. The van der Waals surface area contributed by atoms with E-state index < -0.39 is 5.97 Å². The first-order chi connectivity index (χ1) is 8.04. The van der Waals surface area contributed by atoms with Crippen molar-refractivity contribution in [3.63, 3.8) is 0 Å². The van der Waals surface area contributed by atoms with E-state index in [2.05, 4.69) is 0 Å². The quantitative estimate of drug-likeness (QED) is 0.795. The van der Waals surface area contributed by atoms with E-state index in [0.717, 1.165) is 0 Å². The van der Waals surface area contributed by atoms with Gasteiger partial charge in [-0.25, -0.2) is 0 Å². The van der Waals surface area contributed by atoms with Crippen LogP contribution in [-0.4, -0.2) is 48.7 Å². The normalized spacial score (nSPS) is 10.2. The molecule has 6 nitrogen and oxygen atoms in total. The maximum absolute atomic E-state index is 11.9. The molecule has 17 heavy (non-hydrogen) atoms. The fraction of sp³-hybridized carbons (Fsp3) is 0.455. The lowest BCUT2D eigenvalue weighted by Gasteiger charge is -2.19. The summed E-state index contributed by atoms with van der Waals surface area (Å²) >= 11 is 0. The molecule has 6 heteroatoms. The lowest BCUT2D eigenvalue weighted by Crippen LogP contribution is -2.37. The van der Waals surface area contributed by atoms with Gasteiger partial charge in [-0.3, -0.25) is 9.59 Å². The maximum Gasteiger partial charge on any atom is 0.323 e. The number of nitrogens with zero attached hydrogens (tertiary/aromatic N) is 1. The van der Waals surface area contributed by atoms with E-state index in [1.807, 2.05) is 0 Å². The number of carbonyl (C=O) groups excluding carboxylic acids is 1. The molecule has 1 heterocycles. The largest absolute Gasteiger partial charge is 0.480 e. The van der Waals surface area contributed by atoms with Crippen LogP contribution in [0.5, 0.6) is 0 Å². The van der Waals surface area contributed by atoms with E-state index in [1.54, 1.807) is 13.0 Å². The summed E-state index contributed by atoms with van der Waals surface area (Å²) in [5.74, 6) is -0.827. The van der Waals surface area contributed by atoms with Crippen LogP contribution in [0.2, 0.25) is 0 Å². The molecule has 0 aliphatic rings. The van der Waals surface area contributed by atoms with Crippen molar-refractivity contribution in [2.45, 2.75) is 6.92 Å². The van der Waals surface area contributed by atoms with Crippen molar-refractivity contribution in [2.24, 2.45) is 0 Å². The van der Waals surface area contributed by atoms with Crippen molar-refractivity contribution in [1.82, 2.24) is 4.90 Å². The Hall–Kier alpha value is -1.82. The van der Waals surface area contributed by atoms with E-state index in [9.17, 15) is 9.59 Å². The highest BCUT2D eigenvalue weighted by molar-refractivity contribution is 5.95. The first-order valence-electron chi connectivity index (χ1n) is 5.09. The Morgan fingerprint density at radius 3 is 2.71 bits per heavy atom. The minimum absolute atomic E-state index is 0.228. The Kier molecular flexibility index (Phi) is 4.71. The highest BCUT2D eigenvalue weighted by atomic mass is 16.5. The van der Waals surface area contributed by atoms with Gasteiger partial charge in [-0.1, -0.05) is 0 Å². The van der Waals surface area contributed by atoms with Crippen molar-refractivity contribution < 1.29 is 23.8 Å². The minimum Gasteiger partial charge on any atom is -0.480 e. The molecule has 1 amide bonds. The Bertz CT molecular complexity index is 398. The van der Waals surface area contributed by atoms with E-state index in [1.165, 1.54) is 18.3 Å². The number of furan rings is 1. The summed E-state index contributed by atoms with van der Waals surface area (Å²) in [6, 6.07) is 1.57. The molecule has 0 atom stereocenters. The first-order valence-corrected chi connectivity index (χ1v) is 5.09. The molecule has 0 saturated heterocycles. The number of carboxylic acids is 1. The molecule has 0 fully saturated rings. The number of ether oxygens (including phenoxy) is 1. The molecule has 0 radical (unpaired) electrons. The molecule has 1 aromatic heterocycles. The third-order valence-corrected chi connectivity index (χ3v) is 2.16. The molecule has 0 saturated carbocycles. The van der Waals surface area contributed by atoms with Crippen LogP contribution in [0.4, 0.5) is 0 Å². The number of aliphatic carboxylic acids is 1. The van der Waals surface area contributed by atoms with Gasteiger partial charge in [0.25, 0.3) is 5.91 Å². The molecule has 0 aliphatic heterocycles. The van der Waals surface area contributed by atoms with Crippen LogP contribution in [-0.2, 0) is 9.53 Å². The lowest BCUT2D eigenvalue weighted by molar-refractivity contribution is -0.137. The van der Waals surface area contributed by atoms with Crippen molar-refractivity contribution in [3.8, 4) is 0 Å². The second-order valence-corrected chi connectivity index (χ2v) is 3.56. The van der Waals surface area contributed by atoms with Gasteiger partial charge in [-0.05, 0) is 13.0 Å². The van der Waals surface area contributed by atoms with Gasteiger partial charge in [0.1, 0.15) is 18.6 Å². The van der Waals surface area contributed by atoms with Gasteiger partial charge in [0.2, 0.25) is 0 Å².